The number of imide groups is 1. The average Bonchev–Trinajstić information content (AvgIpc) is 3.29. The summed E-state index contributed by atoms with van der Waals surface area (Å²) in [5, 5.41) is 6.66. The number of thiazole rings is 1. The fourth-order valence-electron chi connectivity index (χ4n) is 4.53. The van der Waals surface area contributed by atoms with Gasteiger partial charge in [0.15, 0.2) is 0 Å². The van der Waals surface area contributed by atoms with E-state index in [9.17, 15) is 14.4 Å². The Labute approximate surface area is 189 Å². The molecule has 8 heteroatoms. The number of hydrogen-bond donors (Lipinski definition) is 2. The molecular weight excluding hydrogens is 424 g/mol. The van der Waals surface area contributed by atoms with E-state index in [0.29, 0.717) is 18.5 Å². The Morgan fingerprint density at radius 1 is 1.06 bits per heavy atom. The zero-order valence-electron chi connectivity index (χ0n) is 17.6. The predicted octanol–water partition coefficient (Wildman–Crippen LogP) is 4.08. The van der Waals surface area contributed by atoms with Gasteiger partial charge in [-0.3, -0.25) is 14.5 Å². The van der Waals surface area contributed by atoms with Crippen molar-refractivity contribution >= 4 is 45.1 Å². The molecule has 1 saturated carbocycles. The lowest BCUT2D eigenvalue weighted by Crippen LogP contribution is -2.48. The van der Waals surface area contributed by atoms with Crippen LogP contribution in [0, 0.1) is 0 Å². The van der Waals surface area contributed by atoms with Crippen LogP contribution in [0.5, 0.6) is 0 Å². The SMILES string of the molecule is O=C(CN1C(=O)NC2(CCCCC2)C1=O)Nc1ccc(Cc2nc3ccccc3s2)cc1. The molecule has 1 aromatic heterocycles. The molecule has 2 N–H and O–H groups in total. The van der Waals surface area contributed by atoms with Gasteiger partial charge in [0.05, 0.1) is 15.2 Å². The Kier molecular flexibility index (Phi) is 5.38. The van der Waals surface area contributed by atoms with Gasteiger partial charge in [-0.1, -0.05) is 43.5 Å². The van der Waals surface area contributed by atoms with Crippen molar-refractivity contribution in [3.05, 3.63) is 59.1 Å². The monoisotopic (exact) mass is 448 g/mol. The van der Waals surface area contributed by atoms with E-state index in [4.69, 9.17) is 0 Å². The number of carbonyl (C=O) groups is 3. The molecule has 1 saturated heterocycles. The molecule has 2 aromatic carbocycles. The molecule has 1 spiro atoms. The van der Waals surface area contributed by atoms with Crippen molar-refractivity contribution in [2.24, 2.45) is 0 Å². The first-order valence-electron chi connectivity index (χ1n) is 10.9. The van der Waals surface area contributed by atoms with Gasteiger partial charge in [-0.2, -0.15) is 0 Å². The lowest BCUT2D eigenvalue weighted by molar-refractivity contribution is -0.134. The standard InChI is InChI=1S/C24H24N4O3S/c29-20(15-28-22(30)24(27-23(28)31)12-4-1-5-13-24)25-17-10-8-16(9-11-17)14-21-26-18-6-2-3-7-19(18)32-21/h2-3,6-11H,1,4-5,12-15H2,(H,25,29)(H,27,31). The summed E-state index contributed by atoms with van der Waals surface area (Å²) in [6.07, 6.45) is 4.90. The minimum absolute atomic E-state index is 0.275. The molecule has 0 bridgehead atoms. The molecule has 7 nitrogen and oxygen atoms in total. The minimum atomic E-state index is -0.808. The quantitative estimate of drug-likeness (QED) is 0.576. The summed E-state index contributed by atoms with van der Waals surface area (Å²) in [5.74, 6) is -0.663. The number of amides is 4. The van der Waals surface area contributed by atoms with Crippen molar-refractivity contribution < 1.29 is 14.4 Å². The number of rotatable bonds is 5. The molecule has 1 aliphatic heterocycles. The lowest BCUT2D eigenvalue weighted by Gasteiger charge is -2.30. The molecule has 0 atom stereocenters. The smallest absolute Gasteiger partial charge is 0.325 e. The van der Waals surface area contributed by atoms with Crippen molar-refractivity contribution in [1.82, 2.24) is 15.2 Å². The number of fused-ring (bicyclic) bond motifs is 1. The first-order valence-corrected chi connectivity index (χ1v) is 11.7. The Morgan fingerprint density at radius 2 is 1.81 bits per heavy atom. The number of para-hydroxylation sites is 1. The second-order valence-corrected chi connectivity index (χ2v) is 9.58. The molecule has 164 valence electrons. The van der Waals surface area contributed by atoms with E-state index in [2.05, 4.69) is 21.7 Å². The topological polar surface area (TPSA) is 91.4 Å². The molecule has 32 heavy (non-hydrogen) atoms. The maximum Gasteiger partial charge on any atom is 0.325 e. The van der Waals surface area contributed by atoms with Crippen molar-refractivity contribution in [1.29, 1.82) is 0 Å². The van der Waals surface area contributed by atoms with Crippen LogP contribution in [0.25, 0.3) is 10.2 Å². The van der Waals surface area contributed by atoms with Crippen LogP contribution in [-0.2, 0) is 16.0 Å². The van der Waals surface area contributed by atoms with Gasteiger partial charge in [0.1, 0.15) is 12.1 Å². The highest BCUT2D eigenvalue weighted by Crippen LogP contribution is 2.33. The molecule has 1 aliphatic carbocycles. The van der Waals surface area contributed by atoms with E-state index in [1.165, 1.54) is 4.70 Å². The Bertz CT molecular complexity index is 1150. The highest BCUT2D eigenvalue weighted by molar-refractivity contribution is 7.18. The highest BCUT2D eigenvalue weighted by Gasteiger charge is 2.51. The zero-order chi connectivity index (χ0) is 22.1. The summed E-state index contributed by atoms with van der Waals surface area (Å²) in [7, 11) is 0. The van der Waals surface area contributed by atoms with Crippen LogP contribution in [0.4, 0.5) is 10.5 Å². The summed E-state index contributed by atoms with van der Waals surface area (Å²) < 4.78 is 1.17. The summed E-state index contributed by atoms with van der Waals surface area (Å²) in [4.78, 5) is 43.4. The van der Waals surface area contributed by atoms with E-state index >= 15 is 0 Å². The third kappa shape index (κ3) is 3.98. The second kappa shape index (κ2) is 8.35. The molecule has 2 fully saturated rings. The highest BCUT2D eigenvalue weighted by atomic mass is 32.1. The largest absolute Gasteiger partial charge is 0.325 e. The number of benzene rings is 2. The molecule has 3 aromatic rings. The number of urea groups is 1. The van der Waals surface area contributed by atoms with Crippen LogP contribution < -0.4 is 10.6 Å². The zero-order valence-corrected chi connectivity index (χ0v) is 18.4. The van der Waals surface area contributed by atoms with Gasteiger partial charge in [-0.25, -0.2) is 9.78 Å². The average molecular weight is 449 g/mol. The molecule has 2 heterocycles. The van der Waals surface area contributed by atoms with Gasteiger partial charge < -0.3 is 10.6 Å². The summed E-state index contributed by atoms with van der Waals surface area (Å²) >= 11 is 1.68. The molecule has 0 radical (unpaired) electrons. The third-order valence-corrected chi connectivity index (χ3v) is 7.22. The van der Waals surface area contributed by atoms with Crippen molar-refractivity contribution in [3.8, 4) is 0 Å². The van der Waals surface area contributed by atoms with Gasteiger partial charge in [-0.05, 0) is 42.7 Å². The van der Waals surface area contributed by atoms with Crippen molar-refractivity contribution in [2.45, 2.75) is 44.1 Å². The van der Waals surface area contributed by atoms with Gasteiger partial charge in [-0.15, -0.1) is 11.3 Å². The van der Waals surface area contributed by atoms with Gasteiger partial charge >= 0.3 is 6.03 Å². The number of hydrogen-bond acceptors (Lipinski definition) is 5. The fraction of sp³-hybridized carbons (Fsp3) is 0.333. The first-order chi connectivity index (χ1) is 15.5. The first kappa shape index (κ1) is 20.6. The van der Waals surface area contributed by atoms with Crippen LogP contribution >= 0.6 is 11.3 Å². The predicted molar refractivity (Wildman–Crippen MR) is 124 cm³/mol. The molecule has 5 rings (SSSR count). The maximum atomic E-state index is 12.8. The van der Waals surface area contributed by atoms with Crippen molar-refractivity contribution in [2.75, 3.05) is 11.9 Å². The van der Waals surface area contributed by atoms with Crippen LogP contribution in [0.3, 0.4) is 0 Å². The van der Waals surface area contributed by atoms with Crippen LogP contribution in [0.1, 0.15) is 42.7 Å². The van der Waals surface area contributed by atoms with Crippen LogP contribution in [0.15, 0.2) is 48.5 Å². The van der Waals surface area contributed by atoms with Gasteiger partial charge in [0.25, 0.3) is 5.91 Å². The summed E-state index contributed by atoms with van der Waals surface area (Å²) in [6.45, 7) is -0.278. The molecule has 0 unspecified atom stereocenters. The number of aromatic nitrogens is 1. The minimum Gasteiger partial charge on any atom is -0.325 e. The van der Waals surface area contributed by atoms with E-state index in [1.54, 1.807) is 11.3 Å². The second-order valence-electron chi connectivity index (χ2n) is 8.46. The Morgan fingerprint density at radius 3 is 2.56 bits per heavy atom. The molecular formula is C24H24N4O3S. The third-order valence-electron chi connectivity index (χ3n) is 6.19. The van der Waals surface area contributed by atoms with Crippen LogP contribution in [0.2, 0.25) is 0 Å². The maximum absolute atomic E-state index is 12.8. The fourth-order valence-corrected chi connectivity index (χ4v) is 5.54. The van der Waals surface area contributed by atoms with E-state index in [-0.39, 0.29) is 18.4 Å². The van der Waals surface area contributed by atoms with E-state index < -0.39 is 11.6 Å². The van der Waals surface area contributed by atoms with Crippen LogP contribution in [-0.4, -0.2) is 39.8 Å². The molecule has 4 amide bonds. The number of anilines is 1. The number of nitrogens with zero attached hydrogens (tertiary/aromatic N) is 2. The van der Waals surface area contributed by atoms with Crippen molar-refractivity contribution in [3.63, 3.8) is 0 Å². The molecule has 2 aliphatic rings. The van der Waals surface area contributed by atoms with Gasteiger partial charge in [0.2, 0.25) is 5.91 Å². The van der Waals surface area contributed by atoms with E-state index in [1.807, 2.05) is 42.5 Å². The number of carbonyl (C=O) groups excluding carboxylic acids is 3. The normalized spacial score (nSPS) is 17.7. The van der Waals surface area contributed by atoms with Gasteiger partial charge in [0, 0.05) is 12.1 Å². The van der Waals surface area contributed by atoms with E-state index in [0.717, 1.165) is 46.7 Å². The Hall–Kier alpha value is -3.26. The number of nitrogens with one attached hydrogen (secondary N) is 2. The summed E-state index contributed by atoms with van der Waals surface area (Å²) in [5.41, 5.74) is 1.92. The Balaban J connectivity index is 1.19. The lowest BCUT2D eigenvalue weighted by atomic mass is 9.82. The summed E-state index contributed by atoms with van der Waals surface area (Å²) in [6, 6.07) is 15.2.